The summed E-state index contributed by atoms with van der Waals surface area (Å²) in [5, 5.41) is 12.4. The van der Waals surface area contributed by atoms with Gasteiger partial charge in [-0.05, 0) is 54.6 Å². The molecule has 8 heteroatoms. The molecule has 0 aliphatic carbocycles. The Kier molecular flexibility index (Phi) is 8.39. The van der Waals surface area contributed by atoms with Crippen LogP contribution in [0, 0.1) is 6.92 Å². The highest BCUT2D eigenvalue weighted by Crippen LogP contribution is 2.34. The van der Waals surface area contributed by atoms with Gasteiger partial charge in [-0.2, -0.15) is 0 Å². The number of ether oxygens (including phenoxy) is 2. The quantitative estimate of drug-likeness (QED) is 0.448. The van der Waals surface area contributed by atoms with Gasteiger partial charge in [0.25, 0.3) is 0 Å². The number of aliphatic hydroxyl groups is 1. The predicted octanol–water partition coefficient (Wildman–Crippen LogP) is 3.66. The lowest BCUT2D eigenvalue weighted by Crippen LogP contribution is -2.47. The van der Waals surface area contributed by atoms with Crippen LogP contribution in [-0.2, 0) is 22.5 Å². The molecule has 2 aromatic heterocycles. The number of carbonyl (C=O) groups is 1. The van der Waals surface area contributed by atoms with Crippen molar-refractivity contribution in [1.82, 2.24) is 9.80 Å². The Balaban J connectivity index is 1.48. The fraction of sp³-hybridized carbons (Fsp3) is 0.423. The first kappa shape index (κ1) is 24.5. The van der Waals surface area contributed by atoms with Crippen molar-refractivity contribution >= 4 is 17.2 Å². The zero-order valence-corrected chi connectivity index (χ0v) is 20.5. The summed E-state index contributed by atoms with van der Waals surface area (Å²) in [6.45, 7) is 4.19. The molecule has 1 aromatic carbocycles. The summed E-state index contributed by atoms with van der Waals surface area (Å²) in [6, 6.07) is 13.6. The van der Waals surface area contributed by atoms with Crippen LogP contribution in [0.1, 0.15) is 27.8 Å². The normalized spacial score (nSPS) is 16.5. The minimum Gasteiger partial charge on any atom is -0.491 e. The fourth-order valence-corrected chi connectivity index (χ4v) is 5.25. The SMILES string of the molecule is COCC(O)CN(CC(=O)N1CCc2sccc2C1COc1ccc(C)cc1)Cc1ccco1. The van der Waals surface area contributed by atoms with Crippen LogP contribution in [0.3, 0.4) is 0 Å². The number of benzene rings is 1. The van der Waals surface area contributed by atoms with Crippen LogP contribution in [-0.4, -0.2) is 66.9 Å². The van der Waals surface area contributed by atoms with Crippen molar-refractivity contribution in [3.63, 3.8) is 0 Å². The summed E-state index contributed by atoms with van der Waals surface area (Å²) in [4.78, 5) is 18.7. The van der Waals surface area contributed by atoms with E-state index >= 15 is 0 Å². The van der Waals surface area contributed by atoms with Crippen molar-refractivity contribution in [1.29, 1.82) is 0 Å². The van der Waals surface area contributed by atoms with Gasteiger partial charge in [0.05, 0.1) is 38.1 Å². The van der Waals surface area contributed by atoms with Gasteiger partial charge in [0.1, 0.15) is 18.1 Å². The highest BCUT2D eigenvalue weighted by Gasteiger charge is 2.33. The Bertz CT molecular complexity index is 1030. The molecule has 0 fully saturated rings. The Morgan fingerprint density at radius 2 is 2.12 bits per heavy atom. The van der Waals surface area contributed by atoms with E-state index in [-0.39, 0.29) is 25.1 Å². The molecule has 7 nitrogen and oxygen atoms in total. The number of hydrogen-bond donors (Lipinski definition) is 1. The van der Waals surface area contributed by atoms with E-state index in [0.29, 0.717) is 26.2 Å². The van der Waals surface area contributed by atoms with E-state index in [9.17, 15) is 9.90 Å². The minimum atomic E-state index is -0.696. The summed E-state index contributed by atoms with van der Waals surface area (Å²) in [5.41, 5.74) is 2.34. The molecule has 3 heterocycles. The standard InChI is InChI=1S/C26H32N2O5S/c1-19-5-7-21(8-6-19)33-18-24-23-10-13-34-25(23)9-11-28(24)26(30)16-27(14-20(29)17-31-2)15-22-4-3-12-32-22/h3-8,10,12-13,20,24,29H,9,11,14-18H2,1-2H3. The molecular formula is C26H32N2O5S. The highest BCUT2D eigenvalue weighted by atomic mass is 32.1. The Morgan fingerprint density at radius 3 is 2.85 bits per heavy atom. The number of methoxy groups -OCH3 is 1. The molecule has 4 rings (SSSR count). The van der Waals surface area contributed by atoms with Gasteiger partial charge in [-0.1, -0.05) is 17.7 Å². The number of carbonyl (C=O) groups excluding carboxylic acids is 1. The molecule has 34 heavy (non-hydrogen) atoms. The third kappa shape index (κ3) is 6.27. The maximum atomic E-state index is 13.6. The number of fused-ring (bicyclic) bond motifs is 1. The van der Waals surface area contributed by atoms with Crippen LogP contribution in [0.5, 0.6) is 5.75 Å². The first-order chi connectivity index (χ1) is 16.5. The third-order valence-electron chi connectivity index (χ3n) is 5.99. The van der Waals surface area contributed by atoms with Gasteiger partial charge in [-0.15, -0.1) is 11.3 Å². The predicted molar refractivity (Wildman–Crippen MR) is 131 cm³/mol. The Labute approximate surface area is 204 Å². The van der Waals surface area contributed by atoms with Gasteiger partial charge in [-0.25, -0.2) is 0 Å². The molecule has 1 amide bonds. The van der Waals surface area contributed by atoms with Crippen molar-refractivity contribution in [3.05, 3.63) is 75.9 Å². The molecule has 2 unspecified atom stereocenters. The number of nitrogens with zero attached hydrogens (tertiary/aromatic N) is 2. The van der Waals surface area contributed by atoms with Crippen molar-refractivity contribution < 1.29 is 23.8 Å². The molecular weight excluding hydrogens is 452 g/mol. The topological polar surface area (TPSA) is 75.4 Å². The van der Waals surface area contributed by atoms with Gasteiger partial charge >= 0.3 is 0 Å². The number of aryl methyl sites for hydroxylation is 1. The largest absolute Gasteiger partial charge is 0.491 e. The smallest absolute Gasteiger partial charge is 0.237 e. The van der Waals surface area contributed by atoms with Gasteiger partial charge in [-0.3, -0.25) is 9.69 Å². The summed E-state index contributed by atoms with van der Waals surface area (Å²) < 4.78 is 16.7. The zero-order valence-electron chi connectivity index (χ0n) is 19.7. The fourth-order valence-electron chi connectivity index (χ4n) is 4.32. The first-order valence-electron chi connectivity index (χ1n) is 11.5. The van der Waals surface area contributed by atoms with Crippen molar-refractivity contribution in [3.8, 4) is 5.75 Å². The van der Waals surface area contributed by atoms with E-state index in [1.54, 1.807) is 24.7 Å². The molecule has 0 saturated carbocycles. The van der Waals surface area contributed by atoms with E-state index in [1.165, 1.54) is 10.4 Å². The number of rotatable bonds is 11. The summed E-state index contributed by atoms with van der Waals surface area (Å²) in [6.07, 6.45) is 1.75. The van der Waals surface area contributed by atoms with Crippen LogP contribution >= 0.6 is 11.3 Å². The molecule has 182 valence electrons. The number of furan rings is 1. The average Bonchev–Trinajstić information content (AvgIpc) is 3.50. The third-order valence-corrected chi connectivity index (χ3v) is 6.99. The second-order valence-electron chi connectivity index (χ2n) is 8.63. The molecule has 2 atom stereocenters. The first-order valence-corrected chi connectivity index (χ1v) is 12.4. The lowest BCUT2D eigenvalue weighted by Gasteiger charge is -2.37. The molecule has 3 aromatic rings. The minimum absolute atomic E-state index is 0.00512. The van der Waals surface area contributed by atoms with Gasteiger partial charge in [0.2, 0.25) is 5.91 Å². The molecule has 1 aliphatic rings. The average molecular weight is 485 g/mol. The van der Waals surface area contributed by atoms with Crippen LogP contribution in [0.2, 0.25) is 0 Å². The Morgan fingerprint density at radius 1 is 1.29 bits per heavy atom. The summed E-state index contributed by atoms with van der Waals surface area (Å²) in [7, 11) is 1.55. The molecule has 0 bridgehead atoms. The van der Waals surface area contributed by atoms with Gasteiger partial charge < -0.3 is 23.9 Å². The lowest BCUT2D eigenvalue weighted by molar-refractivity contribution is -0.136. The molecule has 0 saturated heterocycles. The second-order valence-corrected chi connectivity index (χ2v) is 9.63. The van der Waals surface area contributed by atoms with Crippen LogP contribution < -0.4 is 4.74 Å². The van der Waals surface area contributed by atoms with Gasteiger partial charge in [0.15, 0.2) is 0 Å². The lowest BCUT2D eigenvalue weighted by atomic mass is 10.0. The van der Waals surface area contributed by atoms with E-state index in [0.717, 1.165) is 23.5 Å². The maximum Gasteiger partial charge on any atom is 0.237 e. The van der Waals surface area contributed by atoms with Crippen molar-refractivity contribution in [2.24, 2.45) is 0 Å². The monoisotopic (exact) mass is 484 g/mol. The van der Waals surface area contributed by atoms with Crippen molar-refractivity contribution in [2.45, 2.75) is 32.0 Å². The van der Waals surface area contributed by atoms with E-state index in [4.69, 9.17) is 13.9 Å². The number of amides is 1. The molecule has 1 N–H and O–H groups in total. The second kappa shape index (κ2) is 11.7. The maximum absolute atomic E-state index is 13.6. The summed E-state index contributed by atoms with van der Waals surface area (Å²) in [5.74, 6) is 1.54. The molecule has 1 aliphatic heterocycles. The van der Waals surface area contributed by atoms with Crippen LogP contribution in [0.4, 0.5) is 0 Å². The molecule has 0 radical (unpaired) electrons. The van der Waals surface area contributed by atoms with E-state index in [2.05, 4.69) is 11.4 Å². The van der Waals surface area contributed by atoms with E-state index in [1.807, 2.05) is 53.1 Å². The number of thiophene rings is 1. The van der Waals surface area contributed by atoms with Crippen molar-refractivity contribution in [2.75, 3.05) is 40.0 Å². The van der Waals surface area contributed by atoms with Crippen LogP contribution in [0.15, 0.2) is 58.5 Å². The zero-order chi connectivity index (χ0) is 23.9. The molecule has 0 spiro atoms. The summed E-state index contributed by atoms with van der Waals surface area (Å²) >= 11 is 1.73. The highest BCUT2D eigenvalue weighted by molar-refractivity contribution is 7.10. The number of aliphatic hydroxyl groups excluding tert-OH is 1. The van der Waals surface area contributed by atoms with Crippen LogP contribution in [0.25, 0.3) is 0 Å². The van der Waals surface area contributed by atoms with E-state index < -0.39 is 6.10 Å². The number of hydrogen-bond acceptors (Lipinski definition) is 7. The Hall–Kier alpha value is -2.65. The van der Waals surface area contributed by atoms with Gasteiger partial charge in [0, 0.05) is 25.1 Å².